The quantitative estimate of drug-likeness (QED) is 0.491. The number of benzene rings is 3. The summed E-state index contributed by atoms with van der Waals surface area (Å²) in [6.07, 6.45) is 0.991. The highest BCUT2D eigenvalue weighted by molar-refractivity contribution is 5.93. The van der Waals surface area contributed by atoms with E-state index in [1.807, 2.05) is 80.6 Å². The number of hydrogen-bond donors (Lipinski definition) is 2. The SMILES string of the molecule is CC(C)Oc1ccc(NCC(=O)Nc2ccc(OCCc3ccccc3)cc2)cc1. The van der Waals surface area contributed by atoms with Crippen molar-refractivity contribution in [2.24, 2.45) is 0 Å². The second kappa shape index (κ2) is 10.9. The maximum absolute atomic E-state index is 12.2. The van der Waals surface area contributed by atoms with Crippen LogP contribution in [0.2, 0.25) is 0 Å². The van der Waals surface area contributed by atoms with Crippen molar-refractivity contribution in [1.82, 2.24) is 0 Å². The van der Waals surface area contributed by atoms with Crippen molar-refractivity contribution in [3.8, 4) is 11.5 Å². The molecule has 0 bridgehead atoms. The summed E-state index contributed by atoms with van der Waals surface area (Å²) in [5, 5.41) is 5.98. The topological polar surface area (TPSA) is 59.6 Å². The van der Waals surface area contributed by atoms with Crippen molar-refractivity contribution in [1.29, 1.82) is 0 Å². The van der Waals surface area contributed by atoms with Gasteiger partial charge in [-0.2, -0.15) is 0 Å². The van der Waals surface area contributed by atoms with E-state index >= 15 is 0 Å². The fourth-order valence-corrected chi connectivity index (χ4v) is 2.88. The predicted octanol–water partition coefficient (Wildman–Crippen LogP) is 5.15. The van der Waals surface area contributed by atoms with Gasteiger partial charge in [-0.3, -0.25) is 4.79 Å². The average Bonchev–Trinajstić information content (AvgIpc) is 2.75. The molecule has 0 fully saturated rings. The summed E-state index contributed by atoms with van der Waals surface area (Å²) in [6.45, 7) is 4.76. The lowest BCUT2D eigenvalue weighted by molar-refractivity contribution is -0.114. The van der Waals surface area contributed by atoms with Crippen molar-refractivity contribution >= 4 is 17.3 Å². The van der Waals surface area contributed by atoms with Gasteiger partial charge in [0.05, 0.1) is 19.3 Å². The van der Waals surface area contributed by atoms with Gasteiger partial charge < -0.3 is 20.1 Å². The number of carbonyl (C=O) groups is 1. The maximum atomic E-state index is 12.2. The van der Waals surface area contributed by atoms with E-state index in [9.17, 15) is 4.79 Å². The number of ether oxygens (including phenoxy) is 2. The highest BCUT2D eigenvalue weighted by Crippen LogP contribution is 2.18. The van der Waals surface area contributed by atoms with E-state index in [1.165, 1.54) is 5.56 Å². The third-order valence-corrected chi connectivity index (χ3v) is 4.32. The normalized spacial score (nSPS) is 10.5. The Morgan fingerprint density at radius 2 is 1.47 bits per heavy atom. The van der Waals surface area contributed by atoms with Crippen LogP contribution in [0.15, 0.2) is 78.9 Å². The summed E-state index contributed by atoms with van der Waals surface area (Å²) < 4.78 is 11.4. The molecule has 3 aromatic carbocycles. The molecule has 3 aromatic rings. The van der Waals surface area contributed by atoms with Crippen LogP contribution >= 0.6 is 0 Å². The summed E-state index contributed by atoms with van der Waals surface area (Å²) in [7, 11) is 0. The van der Waals surface area contributed by atoms with Gasteiger partial charge in [0.15, 0.2) is 0 Å². The molecule has 0 aliphatic rings. The minimum absolute atomic E-state index is 0.116. The number of rotatable bonds is 10. The van der Waals surface area contributed by atoms with Crippen LogP contribution in [0.4, 0.5) is 11.4 Å². The van der Waals surface area contributed by atoms with E-state index < -0.39 is 0 Å². The number of carbonyl (C=O) groups excluding carboxylic acids is 1. The maximum Gasteiger partial charge on any atom is 0.243 e. The molecule has 0 radical (unpaired) electrons. The Hall–Kier alpha value is -3.47. The Morgan fingerprint density at radius 3 is 2.13 bits per heavy atom. The monoisotopic (exact) mass is 404 g/mol. The van der Waals surface area contributed by atoms with Crippen LogP contribution in [0.1, 0.15) is 19.4 Å². The third-order valence-electron chi connectivity index (χ3n) is 4.32. The molecule has 0 spiro atoms. The van der Waals surface area contributed by atoms with E-state index in [4.69, 9.17) is 9.47 Å². The molecule has 30 heavy (non-hydrogen) atoms. The first-order valence-corrected chi connectivity index (χ1v) is 10.2. The molecule has 156 valence electrons. The Balaban J connectivity index is 1.39. The van der Waals surface area contributed by atoms with Gasteiger partial charge in [0.25, 0.3) is 0 Å². The molecule has 5 heteroatoms. The lowest BCUT2D eigenvalue weighted by Crippen LogP contribution is -2.21. The van der Waals surface area contributed by atoms with Crippen LogP contribution in [0.5, 0.6) is 11.5 Å². The Kier molecular flexibility index (Phi) is 7.72. The van der Waals surface area contributed by atoms with Gasteiger partial charge in [-0.15, -0.1) is 0 Å². The van der Waals surface area contributed by atoms with E-state index in [0.29, 0.717) is 6.61 Å². The van der Waals surface area contributed by atoms with Crippen molar-refractivity contribution in [3.05, 3.63) is 84.4 Å². The molecular weight excluding hydrogens is 376 g/mol. The second-order valence-corrected chi connectivity index (χ2v) is 7.20. The molecule has 3 rings (SSSR count). The first kappa shape index (κ1) is 21.2. The van der Waals surface area contributed by atoms with Gasteiger partial charge >= 0.3 is 0 Å². The average molecular weight is 405 g/mol. The Labute approximate surface area is 178 Å². The molecule has 0 aliphatic heterocycles. The van der Waals surface area contributed by atoms with E-state index in [0.717, 1.165) is 29.3 Å². The highest BCUT2D eigenvalue weighted by atomic mass is 16.5. The van der Waals surface area contributed by atoms with E-state index in [1.54, 1.807) is 0 Å². The van der Waals surface area contributed by atoms with E-state index in [2.05, 4.69) is 22.8 Å². The number of hydrogen-bond acceptors (Lipinski definition) is 4. The minimum atomic E-state index is -0.116. The predicted molar refractivity (Wildman–Crippen MR) is 121 cm³/mol. The van der Waals surface area contributed by atoms with Gasteiger partial charge in [0.2, 0.25) is 5.91 Å². The molecule has 0 unspecified atom stereocenters. The zero-order valence-corrected chi connectivity index (χ0v) is 17.4. The van der Waals surface area contributed by atoms with E-state index in [-0.39, 0.29) is 18.6 Å². The molecule has 0 atom stereocenters. The second-order valence-electron chi connectivity index (χ2n) is 7.20. The largest absolute Gasteiger partial charge is 0.493 e. The van der Waals surface area contributed by atoms with Crippen molar-refractivity contribution in [2.45, 2.75) is 26.4 Å². The van der Waals surface area contributed by atoms with Crippen molar-refractivity contribution in [3.63, 3.8) is 0 Å². The lowest BCUT2D eigenvalue weighted by atomic mass is 10.2. The van der Waals surface area contributed by atoms with Crippen LogP contribution in [0.25, 0.3) is 0 Å². The molecule has 2 N–H and O–H groups in total. The molecule has 1 amide bonds. The van der Waals surface area contributed by atoms with Gasteiger partial charge in [0, 0.05) is 17.8 Å². The van der Waals surface area contributed by atoms with Gasteiger partial charge in [-0.05, 0) is 67.9 Å². The summed E-state index contributed by atoms with van der Waals surface area (Å²) >= 11 is 0. The van der Waals surface area contributed by atoms with Crippen LogP contribution < -0.4 is 20.1 Å². The molecule has 0 saturated heterocycles. The van der Waals surface area contributed by atoms with Gasteiger partial charge in [-0.1, -0.05) is 30.3 Å². The van der Waals surface area contributed by atoms with Crippen LogP contribution in [-0.4, -0.2) is 25.2 Å². The van der Waals surface area contributed by atoms with Crippen LogP contribution in [-0.2, 0) is 11.2 Å². The van der Waals surface area contributed by atoms with Gasteiger partial charge in [0.1, 0.15) is 11.5 Å². The molecule has 0 aromatic heterocycles. The smallest absolute Gasteiger partial charge is 0.243 e. The van der Waals surface area contributed by atoms with Crippen molar-refractivity contribution in [2.75, 3.05) is 23.8 Å². The fourth-order valence-electron chi connectivity index (χ4n) is 2.88. The van der Waals surface area contributed by atoms with Gasteiger partial charge in [-0.25, -0.2) is 0 Å². The minimum Gasteiger partial charge on any atom is -0.493 e. The summed E-state index contributed by atoms with van der Waals surface area (Å²) in [5.74, 6) is 1.48. The molecule has 0 saturated carbocycles. The molecule has 0 aliphatic carbocycles. The molecular formula is C25H28N2O3. The van der Waals surface area contributed by atoms with Crippen LogP contribution in [0.3, 0.4) is 0 Å². The zero-order valence-electron chi connectivity index (χ0n) is 17.4. The fraction of sp³-hybridized carbons (Fsp3) is 0.240. The standard InChI is InChI=1S/C25H28N2O3/c1-19(2)30-24-14-8-21(9-15-24)26-18-25(28)27-22-10-12-23(13-11-22)29-17-16-20-6-4-3-5-7-20/h3-15,19,26H,16-18H2,1-2H3,(H,27,28). The zero-order chi connectivity index (χ0) is 21.2. The first-order valence-electron chi connectivity index (χ1n) is 10.2. The third kappa shape index (κ3) is 7.17. The highest BCUT2D eigenvalue weighted by Gasteiger charge is 2.04. The number of nitrogens with one attached hydrogen (secondary N) is 2. The summed E-state index contributed by atoms with van der Waals surface area (Å²) in [5.41, 5.74) is 2.84. The number of amides is 1. The first-order chi connectivity index (χ1) is 14.6. The van der Waals surface area contributed by atoms with Crippen LogP contribution in [0, 0.1) is 0 Å². The van der Waals surface area contributed by atoms with Crippen molar-refractivity contribution < 1.29 is 14.3 Å². The molecule has 5 nitrogen and oxygen atoms in total. The summed E-state index contributed by atoms with van der Waals surface area (Å²) in [6, 6.07) is 25.2. The lowest BCUT2D eigenvalue weighted by Gasteiger charge is -2.11. The Morgan fingerprint density at radius 1 is 0.833 bits per heavy atom. The Bertz CT molecular complexity index is 907. The summed E-state index contributed by atoms with van der Waals surface area (Å²) in [4.78, 5) is 12.2. The number of anilines is 2. The molecule has 0 heterocycles.